The van der Waals surface area contributed by atoms with Gasteiger partial charge in [-0.2, -0.15) is 0 Å². The number of anilines is 2. The van der Waals surface area contributed by atoms with E-state index in [1.54, 1.807) is 12.1 Å². The molecule has 0 saturated carbocycles. The minimum absolute atomic E-state index is 0.0928. The largest absolute Gasteiger partial charge is 0.335 e. The fraction of sp³-hybridized carbons (Fsp3) is 0.467. The normalized spacial score (nSPS) is 11.9. The molecule has 1 unspecified atom stereocenters. The van der Waals surface area contributed by atoms with Gasteiger partial charge in [-0.1, -0.05) is 19.9 Å². The maximum Gasteiger partial charge on any atom is 0.319 e. The van der Waals surface area contributed by atoms with Crippen LogP contribution in [0.1, 0.15) is 33.3 Å². The summed E-state index contributed by atoms with van der Waals surface area (Å²) in [5, 5.41) is 8.37. The Balaban J connectivity index is 2.73. The molecule has 0 bridgehead atoms. The monoisotopic (exact) mass is 277 g/mol. The predicted octanol–water partition coefficient (Wildman–Crippen LogP) is 3.12. The molecule has 0 spiro atoms. The number of carbonyl (C=O) groups excluding carboxylic acids is 2. The van der Waals surface area contributed by atoms with Crippen LogP contribution in [0.4, 0.5) is 16.2 Å². The highest BCUT2D eigenvalue weighted by Gasteiger charge is 2.11. The van der Waals surface area contributed by atoms with E-state index in [4.69, 9.17) is 0 Å². The summed E-state index contributed by atoms with van der Waals surface area (Å²) in [6.45, 7) is 9.41. The molecule has 5 heteroatoms. The number of nitrogens with one attached hydrogen (secondary N) is 3. The first-order valence-electron chi connectivity index (χ1n) is 6.75. The topological polar surface area (TPSA) is 70.2 Å². The van der Waals surface area contributed by atoms with Crippen molar-refractivity contribution in [3.8, 4) is 0 Å². The molecule has 3 amide bonds. The van der Waals surface area contributed by atoms with Crippen LogP contribution in [0.3, 0.4) is 0 Å². The molecule has 0 aliphatic heterocycles. The first-order valence-corrected chi connectivity index (χ1v) is 6.75. The SMILES string of the molecule is CC(=O)Nc1cc(NC(=O)NC(C)C(C)C)ccc1C. The number of hydrogen-bond donors (Lipinski definition) is 3. The molecule has 0 aliphatic carbocycles. The summed E-state index contributed by atoms with van der Waals surface area (Å²) in [5.74, 6) is 0.233. The Bertz CT molecular complexity index is 498. The zero-order valence-electron chi connectivity index (χ0n) is 12.7. The lowest BCUT2D eigenvalue weighted by Crippen LogP contribution is -2.39. The summed E-state index contributed by atoms with van der Waals surface area (Å²) in [4.78, 5) is 22.9. The van der Waals surface area contributed by atoms with E-state index < -0.39 is 0 Å². The lowest BCUT2D eigenvalue weighted by Gasteiger charge is -2.18. The summed E-state index contributed by atoms with van der Waals surface area (Å²) >= 11 is 0. The summed E-state index contributed by atoms with van der Waals surface area (Å²) in [5.41, 5.74) is 2.29. The minimum Gasteiger partial charge on any atom is -0.335 e. The van der Waals surface area contributed by atoms with Crippen molar-refractivity contribution in [2.24, 2.45) is 5.92 Å². The Kier molecular flexibility index (Phi) is 5.55. The molecular formula is C15H23N3O2. The molecule has 1 atom stereocenters. The number of hydrogen-bond acceptors (Lipinski definition) is 2. The third-order valence-electron chi connectivity index (χ3n) is 3.16. The van der Waals surface area contributed by atoms with Crippen LogP contribution in [-0.4, -0.2) is 18.0 Å². The number of benzene rings is 1. The second-order valence-electron chi connectivity index (χ2n) is 5.34. The van der Waals surface area contributed by atoms with Gasteiger partial charge in [0.15, 0.2) is 0 Å². The lowest BCUT2D eigenvalue weighted by molar-refractivity contribution is -0.114. The molecule has 0 heterocycles. The van der Waals surface area contributed by atoms with E-state index in [9.17, 15) is 9.59 Å². The van der Waals surface area contributed by atoms with E-state index in [1.807, 2.05) is 33.8 Å². The van der Waals surface area contributed by atoms with E-state index in [0.29, 0.717) is 17.3 Å². The van der Waals surface area contributed by atoms with Gasteiger partial charge in [-0.05, 0) is 37.5 Å². The van der Waals surface area contributed by atoms with Crippen LogP contribution in [0, 0.1) is 12.8 Å². The summed E-state index contributed by atoms with van der Waals surface area (Å²) in [6.07, 6.45) is 0. The van der Waals surface area contributed by atoms with Gasteiger partial charge in [0.05, 0.1) is 0 Å². The molecule has 110 valence electrons. The molecule has 0 radical (unpaired) electrons. The standard InChI is InChI=1S/C15H23N3O2/c1-9(2)11(4)16-15(20)18-13-7-6-10(3)14(8-13)17-12(5)19/h6-9,11H,1-5H3,(H,17,19)(H2,16,18,20). The zero-order chi connectivity index (χ0) is 15.3. The van der Waals surface area contributed by atoms with Crippen molar-refractivity contribution in [2.75, 3.05) is 10.6 Å². The van der Waals surface area contributed by atoms with Gasteiger partial charge in [0, 0.05) is 24.3 Å². The Morgan fingerprint density at radius 1 is 1.10 bits per heavy atom. The number of amides is 3. The molecule has 1 rings (SSSR count). The number of carbonyl (C=O) groups is 2. The van der Waals surface area contributed by atoms with E-state index in [0.717, 1.165) is 5.56 Å². The van der Waals surface area contributed by atoms with Crippen LogP contribution in [0.5, 0.6) is 0 Å². The summed E-state index contributed by atoms with van der Waals surface area (Å²) in [6, 6.07) is 5.25. The molecule has 0 saturated heterocycles. The molecule has 20 heavy (non-hydrogen) atoms. The van der Waals surface area contributed by atoms with Gasteiger partial charge in [0.2, 0.25) is 5.91 Å². The number of aryl methyl sites for hydroxylation is 1. The van der Waals surface area contributed by atoms with Crippen LogP contribution < -0.4 is 16.0 Å². The van der Waals surface area contributed by atoms with Crippen LogP contribution in [0.2, 0.25) is 0 Å². The van der Waals surface area contributed by atoms with Crippen LogP contribution in [0.25, 0.3) is 0 Å². The van der Waals surface area contributed by atoms with Gasteiger partial charge in [-0.25, -0.2) is 4.79 Å². The quantitative estimate of drug-likeness (QED) is 0.791. The third kappa shape index (κ3) is 4.91. The second kappa shape index (κ2) is 6.93. The Hall–Kier alpha value is -2.04. The fourth-order valence-corrected chi connectivity index (χ4v) is 1.56. The molecule has 1 aromatic carbocycles. The summed E-state index contributed by atoms with van der Waals surface area (Å²) in [7, 11) is 0. The molecule has 0 fully saturated rings. The van der Waals surface area contributed by atoms with Crippen molar-refractivity contribution in [3.63, 3.8) is 0 Å². The highest BCUT2D eigenvalue weighted by atomic mass is 16.2. The molecule has 3 N–H and O–H groups in total. The van der Waals surface area contributed by atoms with Crippen molar-refractivity contribution in [3.05, 3.63) is 23.8 Å². The van der Waals surface area contributed by atoms with Crippen molar-refractivity contribution in [2.45, 2.75) is 40.7 Å². The van der Waals surface area contributed by atoms with Gasteiger partial charge < -0.3 is 16.0 Å². The molecular weight excluding hydrogens is 254 g/mol. The first-order chi connectivity index (χ1) is 9.29. The Morgan fingerprint density at radius 2 is 1.75 bits per heavy atom. The Morgan fingerprint density at radius 3 is 2.30 bits per heavy atom. The number of urea groups is 1. The molecule has 0 aliphatic rings. The van der Waals surface area contributed by atoms with Gasteiger partial charge in [0.1, 0.15) is 0 Å². The molecule has 0 aromatic heterocycles. The average Bonchev–Trinajstić information content (AvgIpc) is 2.32. The zero-order valence-corrected chi connectivity index (χ0v) is 12.7. The molecule has 1 aromatic rings. The first kappa shape index (κ1) is 16.0. The fourth-order valence-electron chi connectivity index (χ4n) is 1.56. The predicted molar refractivity (Wildman–Crippen MR) is 81.9 cm³/mol. The van der Waals surface area contributed by atoms with E-state index in [1.165, 1.54) is 6.92 Å². The number of rotatable bonds is 4. The maximum absolute atomic E-state index is 11.8. The minimum atomic E-state index is -0.246. The van der Waals surface area contributed by atoms with Gasteiger partial charge >= 0.3 is 6.03 Å². The molecule has 5 nitrogen and oxygen atoms in total. The third-order valence-corrected chi connectivity index (χ3v) is 3.16. The summed E-state index contributed by atoms with van der Waals surface area (Å²) < 4.78 is 0. The van der Waals surface area contributed by atoms with Gasteiger partial charge in [-0.3, -0.25) is 4.79 Å². The van der Waals surface area contributed by atoms with Crippen molar-refractivity contribution >= 4 is 23.3 Å². The van der Waals surface area contributed by atoms with E-state index in [2.05, 4.69) is 16.0 Å². The second-order valence-corrected chi connectivity index (χ2v) is 5.34. The average molecular weight is 277 g/mol. The highest BCUT2D eigenvalue weighted by Crippen LogP contribution is 2.20. The van der Waals surface area contributed by atoms with Crippen molar-refractivity contribution in [1.29, 1.82) is 0 Å². The highest BCUT2D eigenvalue weighted by molar-refractivity contribution is 5.93. The van der Waals surface area contributed by atoms with E-state index >= 15 is 0 Å². The van der Waals surface area contributed by atoms with E-state index in [-0.39, 0.29) is 18.0 Å². The smallest absolute Gasteiger partial charge is 0.319 e. The van der Waals surface area contributed by atoms with Crippen LogP contribution in [0.15, 0.2) is 18.2 Å². The lowest BCUT2D eigenvalue weighted by atomic mass is 10.1. The van der Waals surface area contributed by atoms with Crippen LogP contribution >= 0.6 is 0 Å². The van der Waals surface area contributed by atoms with Gasteiger partial charge in [0.25, 0.3) is 0 Å². The maximum atomic E-state index is 11.8. The Labute approximate surface area is 120 Å². The van der Waals surface area contributed by atoms with Gasteiger partial charge in [-0.15, -0.1) is 0 Å². The van der Waals surface area contributed by atoms with Crippen molar-refractivity contribution < 1.29 is 9.59 Å². The van der Waals surface area contributed by atoms with Crippen molar-refractivity contribution in [1.82, 2.24) is 5.32 Å². The van der Waals surface area contributed by atoms with Crippen LogP contribution in [-0.2, 0) is 4.79 Å².